The summed E-state index contributed by atoms with van der Waals surface area (Å²) in [5.74, 6) is -1.84. The smallest absolute Gasteiger partial charge is 0.308 e. The van der Waals surface area contributed by atoms with Crippen molar-refractivity contribution in [3.63, 3.8) is 0 Å². The number of nitrogens with zero attached hydrogens (tertiary/aromatic N) is 1. The summed E-state index contributed by atoms with van der Waals surface area (Å²) in [7, 11) is -3.51. The van der Waals surface area contributed by atoms with E-state index >= 15 is 0 Å². The highest BCUT2D eigenvalue weighted by Gasteiger charge is 2.52. The van der Waals surface area contributed by atoms with Crippen LogP contribution in [-0.4, -0.2) is 54.4 Å². The van der Waals surface area contributed by atoms with Crippen LogP contribution in [0.1, 0.15) is 39.0 Å². The molecule has 2 rings (SSSR count). The fraction of sp³-hybridized carbons (Fsp3) is 0.857. The first kappa shape index (κ1) is 16.3. The van der Waals surface area contributed by atoms with Gasteiger partial charge < -0.3 is 10.0 Å². The van der Waals surface area contributed by atoms with Crippen molar-refractivity contribution in [3.05, 3.63) is 0 Å². The molecule has 1 aliphatic heterocycles. The van der Waals surface area contributed by atoms with E-state index in [0.29, 0.717) is 25.8 Å². The lowest BCUT2D eigenvalue weighted by atomic mass is 9.89. The van der Waals surface area contributed by atoms with Crippen LogP contribution in [0.5, 0.6) is 0 Å². The molecule has 1 saturated carbocycles. The van der Waals surface area contributed by atoms with Crippen molar-refractivity contribution in [2.75, 3.05) is 19.3 Å². The highest BCUT2D eigenvalue weighted by molar-refractivity contribution is 7.92. The van der Waals surface area contributed by atoms with Crippen LogP contribution < -0.4 is 0 Å². The topological polar surface area (TPSA) is 91.8 Å². The molecule has 2 fully saturated rings. The summed E-state index contributed by atoms with van der Waals surface area (Å²) < 4.78 is 23.0. The fourth-order valence-corrected chi connectivity index (χ4v) is 5.15. The van der Waals surface area contributed by atoms with E-state index in [-0.39, 0.29) is 18.4 Å². The largest absolute Gasteiger partial charge is 0.481 e. The number of amides is 1. The van der Waals surface area contributed by atoms with Crippen molar-refractivity contribution < 1.29 is 23.1 Å². The highest BCUT2D eigenvalue weighted by Crippen LogP contribution is 2.39. The van der Waals surface area contributed by atoms with Crippen molar-refractivity contribution >= 4 is 21.7 Å². The zero-order valence-electron chi connectivity index (χ0n) is 12.5. The third kappa shape index (κ3) is 2.93. The Bertz CT molecular complexity index is 536. The van der Waals surface area contributed by atoms with E-state index in [1.54, 1.807) is 0 Å². The lowest BCUT2D eigenvalue weighted by Crippen LogP contribution is -2.56. The zero-order chi connectivity index (χ0) is 15.8. The zero-order valence-corrected chi connectivity index (χ0v) is 13.4. The van der Waals surface area contributed by atoms with Gasteiger partial charge in [0, 0.05) is 19.3 Å². The number of carboxylic acids is 1. The molecule has 1 N–H and O–H groups in total. The van der Waals surface area contributed by atoms with Crippen LogP contribution in [0.4, 0.5) is 0 Å². The summed E-state index contributed by atoms with van der Waals surface area (Å²) in [6, 6.07) is 0. The van der Waals surface area contributed by atoms with Crippen LogP contribution >= 0.6 is 0 Å². The SMILES string of the molecule is CC1CC(C(=O)O)CN(C(=O)C2(S(C)(=O)=O)CCCC2)C1. The lowest BCUT2D eigenvalue weighted by molar-refractivity contribution is -0.147. The second-order valence-electron chi connectivity index (χ2n) is 6.56. The maximum absolute atomic E-state index is 12.8. The van der Waals surface area contributed by atoms with Gasteiger partial charge in [0.25, 0.3) is 0 Å². The van der Waals surface area contributed by atoms with Crippen LogP contribution in [0.2, 0.25) is 0 Å². The normalized spacial score (nSPS) is 29.3. The van der Waals surface area contributed by atoms with E-state index in [0.717, 1.165) is 19.1 Å². The van der Waals surface area contributed by atoms with Crippen LogP contribution in [0.25, 0.3) is 0 Å². The van der Waals surface area contributed by atoms with Crippen LogP contribution in [0, 0.1) is 11.8 Å². The monoisotopic (exact) mass is 317 g/mol. The van der Waals surface area contributed by atoms with Gasteiger partial charge in [0.2, 0.25) is 5.91 Å². The number of aliphatic carboxylic acids is 1. The number of rotatable bonds is 3. The molecule has 0 aromatic rings. The minimum absolute atomic E-state index is 0.0711. The molecule has 0 aromatic heterocycles. The van der Waals surface area contributed by atoms with Gasteiger partial charge in [0.1, 0.15) is 0 Å². The van der Waals surface area contributed by atoms with E-state index < -0.39 is 26.5 Å². The van der Waals surface area contributed by atoms with Gasteiger partial charge >= 0.3 is 5.97 Å². The predicted molar refractivity (Wildman–Crippen MR) is 77.5 cm³/mol. The number of hydrogen-bond acceptors (Lipinski definition) is 4. The number of piperidine rings is 1. The molecule has 2 unspecified atom stereocenters. The van der Waals surface area contributed by atoms with Gasteiger partial charge in [-0.15, -0.1) is 0 Å². The van der Waals surface area contributed by atoms with Crippen molar-refractivity contribution in [1.29, 1.82) is 0 Å². The average Bonchev–Trinajstić information content (AvgIpc) is 2.87. The predicted octanol–water partition coefficient (Wildman–Crippen LogP) is 0.913. The Hall–Kier alpha value is -1.11. The van der Waals surface area contributed by atoms with Crippen LogP contribution in [0.3, 0.4) is 0 Å². The number of carbonyl (C=O) groups is 2. The van der Waals surface area contributed by atoms with Gasteiger partial charge in [-0.05, 0) is 25.2 Å². The summed E-state index contributed by atoms with van der Waals surface area (Å²) >= 11 is 0. The molecule has 7 heteroatoms. The molecule has 0 radical (unpaired) electrons. The fourth-order valence-electron chi connectivity index (χ4n) is 3.67. The Morgan fingerprint density at radius 1 is 1.19 bits per heavy atom. The Labute approximate surface area is 125 Å². The Morgan fingerprint density at radius 2 is 1.76 bits per heavy atom. The maximum atomic E-state index is 12.8. The lowest BCUT2D eigenvalue weighted by Gasteiger charge is -2.39. The molecule has 1 aliphatic carbocycles. The number of carboxylic acid groups (broad SMARTS) is 1. The summed E-state index contributed by atoms with van der Waals surface area (Å²) in [4.78, 5) is 25.5. The molecule has 0 bridgehead atoms. The number of likely N-dealkylation sites (tertiary alicyclic amines) is 1. The Morgan fingerprint density at radius 3 is 2.24 bits per heavy atom. The molecule has 1 heterocycles. The Balaban J connectivity index is 2.27. The minimum Gasteiger partial charge on any atom is -0.481 e. The molecule has 120 valence electrons. The van der Waals surface area contributed by atoms with Crippen LogP contribution in [0.15, 0.2) is 0 Å². The molecule has 1 amide bonds. The van der Waals surface area contributed by atoms with Crippen molar-refractivity contribution in [2.45, 2.75) is 43.8 Å². The number of hydrogen-bond donors (Lipinski definition) is 1. The Kier molecular flexibility index (Phi) is 4.33. The van der Waals surface area contributed by atoms with Gasteiger partial charge in [-0.1, -0.05) is 19.8 Å². The molecular weight excluding hydrogens is 294 g/mol. The summed E-state index contributed by atoms with van der Waals surface area (Å²) in [5.41, 5.74) is 0. The standard InChI is InChI=1S/C14H23NO5S/c1-10-7-11(12(16)17)9-15(8-10)13(18)14(21(2,19)20)5-3-4-6-14/h10-11H,3-9H2,1-2H3,(H,16,17). The van der Waals surface area contributed by atoms with Crippen LogP contribution in [-0.2, 0) is 19.4 Å². The quantitative estimate of drug-likeness (QED) is 0.835. The van der Waals surface area contributed by atoms with Gasteiger partial charge in [0.05, 0.1) is 5.92 Å². The van der Waals surface area contributed by atoms with E-state index in [1.165, 1.54) is 4.90 Å². The second kappa shape index (κ2) is 5.59. The van der Waals surface area contributed by atoms with Gasteiger partial charge in [0.15, 0.2) is 14.6 Å². The third-order valence-electron chi connectivity index (χ3n) is 4.81. The molecule has 2 aliphatic rings. The van der Waals surface area contributed by atoms with E-state index in [9.17, 15) is 23.1 Å². The first-order valence-electron chi connectivity index (χ1n) is 7.39. The summed E-state index contributed by atoms with van der Waals surface area (Å²) in [6.07, 6.45) is 3.82. The van der Waals surface area contributed by atoms with E-state index in [4.69, 9.17) is 0 Å². The van der Waals surface area contributed by atoms with Gasteiger partial charge in [-0.25, -0.2) is 8.42 Å². The van der Waals surface area contributed by atoms with Crippen molar-refractivity contribution in [1.82, 2.24) is 4.90 Å². The van der Waals surface area contributed by atoms with Crippen molar-refractivity contribution in [3.8, 4) is 0 Å². The molecule has 1 saturated heterocycles. The minimum atomic E-state index is -3.51. The first-order chi connectivity index (χ1) is 9.67. The van der Waals surface area contributed by atoms with Crippen molar-refractivity contribution in [2.24, 2.45) is 11.8 Å². The van der Waals surface area contributed by atoms with E-state index in [1.807, 2.05) is 6.92 Å². The summed E-state index contributed by atoms with van der Waals surface area (Å²) in [6.45, 7) is 2.47. The second-order valence-corrected chi connectivity index (χ2v) is 8.89. The number of carbonyl (C=O) groups excluding carboxylic acids is 1. The molecular formula is C14H23NO5S. The first-order valence-corrected chi connectivity index (χ1v) is 9.28. The van der Waals surface area contributed by atoms with Gasteiger partial charge in [-0.2, -0.15) is 0 Å². The molecule has 0 spiro atoms. The number of sulfone groups is 1. The molecule has 0 aromatic carbocycles. The highest BCUT2D eigenvalue weighted by atomic mass is 32.2. The molecule has 2 atom stereocenters. The molecule has 21 heavy (non-hydrogen) atoms. The molecule has 6 nitrogen and oxygen atoms in total. The maximum Gasteiger partial charge on any atom is 0.308 e. The van der Waals surface area contributed by atoms with E-state index in [2.05, 4.69) is 0 Å². The average molecular weight is 317 g/mol. The third-order valence-corrected chi connectivity index (χ3v) is 6.81. The van der Waals surface area contributed by atoms with Gasteiger partial charge in [-0.3, -0.25) is 9.59 Å². The summed E-state index contributed by atoms with van der Waals surface area (Å²) in [5, 5.41) is 9.19.